The van der Waals surface area contributed by atoms with Crippen molar-refractivity contribution in [1.82, 2.24) is 0 Å². The van der Waals surface area contributed by atoms with Crippen LogP contribution in [0.25, 0.3) is 6.08 Å². The number of nitriles is 1. The van der Waals surface area contributed by atoms with Crippen molar-refractivity contribution in [1.29, 1.82) is 5.26 Å². The van der Waals surface area contributed by atoms with Gasteiger partial charge in [0.25, 0.3) is 0 Å². The largest absolute Gasteiger partial charge is 0.493 e. The van der Waals surface area contributed by atoms with E-state index in [0.29, 0.717) is 6.61 Å². The monoisotopic (exact) mass is 246 g/mol. The number of nitrogens with zero attached hydrogens (tertiary/aromatic N) is 1. The summed E-state index contributed by atoms with van der Waals surface area (Å²) in [4.78, 5) is 0.0952. The third-order valence-corrected chi connectivity index (χ3v) is 2.29. The Hall–Kier alpha value is -1.86. The first-order valence-corrected chi connectivity index (χ1v) is 5.73. The van der Waals surface area contributed by atoms with Crippen molar-refractivity contribution < 1.29 is 4.74 Å². The molecule has 0 aliphatic heterocycles. The zero-order valence-corrected chi connectivity index (χ0v) is 10.5. The number of ether oxygens (including phenoxy) is 1. The van der Waals surface area contributed by atoms with E-state index in [-0.39, 0.29) is 10.6 Å². The minimum Gasteiger partial charge on any atom is -0.493 e. The van der Waals surface area contributed by atoms with Crippen LogP contribution in [0.2, 0.25) is 0 Å². The molecule has 0 radical (unpaired) electrons. The molecule has 0 unspecified atom stereocenters. The second kappa shape index (κ2) is 6.66. The van der Waals surface area contributed by atoms with Crippen molar-refractivity contribution >= 4 is 23.3 Å². The van der Waals surface area contributed by atoms with Gasteiger partial charge in [0.1, 0.15) is 16.8 Å². The van der Waals surface area contributed by atoms with Crippen LogP contribution in [0.5, 0.6) is 5.75 Å². The Labute approximate surface area is 107 Å². The number of benzene rings is 1. The van der Waals surface area contributed by atoms with Crippen LogP contribution in [0.1, 0.15) is 18.9 Å². The fourth-order valence-corrected chi connectivity index (χ4v) is 1.36. The van der Waals surface area contributed by atoms with Gasteiger partial charge in [-0.3, -0.25) is 0 Å². The molecule has 0 amide bonds. The van der Waals surface area contributed by atoms with Gasteiger partial charge in [0, 0.05) is 5.56 Å². The summed E-state index contributed by atoms with van der Waals surface area (Å²) in [7, 11) is 0. The van der Waals surface area contributed by atoms with Crippen molar-refractivity contribution in [2.45, 2.75) is 13.3 Å². The molecule has 2 N–H and O–H groups in total. The quantitative estimate of drug-likeness (QED) is 0.493. The molecule has 0 spiro atoms. The van der Waals surface area contributed by atoms with E-state index in [2.05, 4.69) is 0 Å². The molecule has 0 saturated heterocycles. The SMILES string of the molecule is CCCOc1ccccc1C=C(C#N)C(N)=S. The van der Waals surface area contributed by atoms with E-state index in [4.69, 9.17) is 28.0 Å². The summed E-state index contributed by atoms with van der Waals surface area (Å²) in [6.07, 6.45) is 2.58. The van der Waals surface area contributed by atoms with Gasteiger partial charge < -0.3 is 10.5 Å². The molecule has 1 rings (SSSR count). The molecule has 0 saturated carbocycles. The van der Waals surface area contributed by atoms with Gasteiger partial charge in [0.2, 0.25) is 0 Å². The van der Waals surface area contributed by atoms with Gasteiger partial charge in [-0.25, -0.2) is 0 Å². The lowest BCUT2D eigenvalue weighted by Gasteiger charge is -2.08. The highest BCUT2D eigenvalue weighted by Crippen LogP contribution is 2.21. The van der Waals surface area contributed by atoms with Crippen LogP contribution in [0.4, 0.5) is 0 Å². The molecule has 0 aliphatic carbocycles. The smallest absolute Gasteiger partial charge is 0.126 e. The Balaban J connectivity index is 3.05. The summed E-state index contributed by atoms with van der Waals surface area (Å²) in [6.45, 7) is 2.67. The van der Waals surface area contributed by atoms with Crippen LogP contribution in [-0.2, 0) is 0 Å². The van der Waals surface area contributed by atoms with Gasteiger partial charge in [-0.1, -0.05) is 37.3 Å². The van der Waals surface area contributed by atoms with Crippen molar-refractivity contribution in [3.05, 3.63) is 35.4 Å². The van der Waals surface area contributed by atoms with Crippen molar-refractivity contribution in [3.8, 4) is 11.8 Å². The Kier molecular flexibility index (Phi) is 5.18. The zero-order valence-electron chi connectivity index (χ0n) is 9.64. The van der Waals surface area contributed by atoms with E-state index >= 15 is 0 Å². The number of nitrogens with two attached hydrogens (primary N) is 1. The maximum absolute atomic E-state index is 8.90. The molecule has 3 nitrogen and oxygen atoms in total. The second-order valence-electron chi connectivity index (χ2n) is 3.42. The summed E-state index contributed by atoms with van der Waals surface area (Å²) in [5.74, 6) is 0.735. The van der Waals surface area contributed by atoms with E-state index in [9.17, 15) is 0 Å². The molecule has 17 heavy (non-hydrogen) atoms. The highest BCUT2D eigenvalue weighted by Gasteiger charge is 2.04. The third kappa shape index (κ3) is 3.89. The van der Waals surface area contributed by atoms with Crippen LogP contribution in [0.15, 0.2) is 29.8 Å². The normalized spacial score (nSPS) is 10.7. The second-order valence-corrected chi connectivity index (χ2v) is 3.86. The van der Waals surface area contributed by atoms with Crippen LogP contribution < -0.4 is 10.5 Å². The van der Waals surface area contributed by atoms with Crippen LogP contribution in [0.3, 0.4) is 0 Å². The Bertz CT molecular complexity index is 475. The summed E-state index contributed by atoms with van der Waals surface area (Å²) in [6, 6.07) is 9.45. The summed E-state index contributed by atoms with van der Waals surface area (Å²) >= 11 is 4.79. The molecular formula is C13H14N2OS. The topological polar surface area (TPSA) is 59.0 Å². The summed E-state index contributed by atoms with van der Waals surface area (Å²) in [5, 5.41) is 8.90. The predicted molar refractivity (Wildman–Crippen MR) is 72.6 cm³/mol. The lowest BCUT2D eigenvalue weighted by Crippen LogP contribution is -2.09. The predicted octanol–water partition coefficient (Wildman–Crippen LogP) is 2.67. The van der Waals surface area contributed by atoms with Crippen LogP contribution >= 0.6 is 12.2 Å². The minimum atomic E-state index is 0.0952. The first-order chi connectivity index (χ1) is 8.19. The fraction of sp³-hybridized carbons (Fsp3) is 0.231. The molecule has 0 fully saturated rings. The summed E-state index contributed by atoms with van der Waals surface area (Å²) < 4.78 is 5.57. The maximum Gasteiger partial charge on any atom is 0.126 e. The van der Waals surface area contributed by atoms with Gasteiger partial charge in [-0.2, -0.15) is 5.26 Å². The van der Waals surface area contributed by atoms with Gasteiger partial charge in [-0.15, -0.1) is 0 Å². The van der Waals surface area contributed by atoms with Gasteiger partial charge in [-0.05, 0) is 18.6 Å². The van der Waals surface area contributed by atoms with Crippen molar-refractivity contribution in [3.63, 3.8) is 0 Å². The van der Waals surface area contributed by atoms with E-state index in [1.807, 2.05) is 37.3 Å². The van der Waals surface area contributed by atoms with Crippen molar-refractivity contribution in [2.24, 2.45) is 5.73 Å². The fourth-order valence-electron chi connectivity index (χ4n) is 1.26. The average molecular weight is 246 g/mol. The molecule has 0 heterocycles. The lowest BCUT2D eigenvalue weighted by molar-refractivity contribution is 0.317. The molecule has 0 atom stereocenters. The maximum atomic E-state index is 8.90. The Morgan fingerprint density at radius 1 is 1.53 bits per heavy atom. The van der Waals surface area contributed by atoms with E-state index in [0.717, 1.165) is 17.7 Å². The van der Waals surface area contributed by atoms with Crippen molar-refractivity contribution in [2.75, 3.05) is 6.61 Å². The number of hydrogen-bond acceptors (Lipinski definition) is 3. The van der Waals surface area contributed by atoms with Gasteiger partial charge in [0.05, 0.1) is 12.2 Å². The van der Waals surface area contributed by atoms with Crippen LogP contribution in [0, 0.1) is 11.3 Å². The molecule has 1 aromatic rings. The molecule has 4 heteroatoms. The number of para-hydroxylation sites is 1. The number of hydrogen-bond donors (Lipinski definition) is 1. The zero-order chi connectivity index (χ0) is 12.7. The average Bonchev–Trinajstić information content (AvgIpc) is 2.34. The Morgan fingerprint density at radius 2 is 2.24 bits per heavy atom. The molecule has 0 aliphatic rings. The van der Waals surface area contributed by atoms with Gasteiger partial charge >= 0.3 is 0 Å². The standard InChI is InChI=1S/C13H14N2OS/c1-2-7-16-12-6-4-3-5-10(12)8-11(9-14)13(15)17/h3-6,8H,2,7H2,1H3,(H2,15,17). The number of rotatable bonds is 5. The lowest BCUT2D eigenvalue weighted by atomic mass is 10.1. The molecule has 1 aromatic carbocycles. The van der Waals surface area contributed by atoms with E-state index < -0.39 is 0 Å². The first-order valence-electron chi connectivity index (χ1n) is 5.32. The molecule has 88 valence electrons. The molecule has 0 bridgehead atoms. The minimum absolute atomic E-state index is 0.0952. The Morgan fingerprint density at radius 3 is 2.82 bits per heavy atom. The molecule has 0 aromatic heterocycles. The third-order valence-electron chi connectivity index (χ3n) is 2.07. The highest BCUT2D eigenvalue weighted by atomic mass is 32.1. The summed E-state index contributed by atoms with van der Waals surface area (Å²) in [5.41, 5.74) is 6.54. The number of thiocarbonyl (C=S) groups is 1. The van der Waals surface area contributed by atoms with Gasteiger partial charge in [0.15, 0.2) is 0 Å². The van der Waals surface area contributed by atoms with E-state index in [1.165, 1.54) is 0 Å². The first kappa shape index (κ1) is 13.2. The van der Waals surface area contributed by atoms with Crippen LogP contribution in [-0.4, -0.2) is 11.6 Å². The highest BCUT2D eigenvalue weighted by molar-refractivity contribution is 7.80. The van der Waals surface area contributed by atoms with E-state index in [1.54, 1.807) is 6.08 Å². The molecular weight excluding hydrogens is 232 g/mol.